The van der Waals surface area contributed by atoms with Crippen molar-refractivity contribution in [1.82, 2.24) is 0 Å². The summed E-state index contributed by atoms with van der Waals surface area (Å²) in [6.45, 7) is 4.45. The van der Waals surface area contributed by atoms with Gasteiger partial charge in [-0.3, -0.25) is 4.79 Å². The highest BCUT2D eigenvalue weighted by molar-refractivity contribution is 5.72. The highest BCUT2D eigenvalue weighted by atomic mass is 16.5. The lowest BCUT2D eigenvalue weighted by Crippen LogP contribution is -2.32. The van der Waals surface area contributed by atoms with Gasteiger partial charge in [-0.05, 0) is 18.8 Å². The van der Waals surface area contributed by atoms with Gasteiger partial charge in [0, 0.05) is 18.6 Å². The van der Waals surface area contributed by atoms with E-state index >= 15 is 0 Å². The number of carbonyl (C=O) groups is 1. The van der Waals surface area contributed by atoms with E-state index in [2.05, 4.69) is 6.92 Å². The minimum Gasteiger partial charge on any atom is -0.465 e. The molecule has 3 nitrogen and oxygen atoms in total. The molecule has 2 aliphatic heterocycles. The van der Waals surface area contributed by atoms with Gasteiger partial charge < -0.3 is 9.47 Å². The zero-order chi connectivity index (χ0) is 9.31. The Morgan fingerprint density at radius 1 is 1.38 bits per heavy atom. The molecule has 2 fully saturated rings. The summed E-state index contributed by atoms with van der Waals surface area (Å²) in [6, 6.07) is 0. The molecular formula is C10H16O3. The smallest absolute Gasteiger partial charge is 0.306 e. The topological polar surface area (TPSA) is 35.5 Å². The van der Waals surface area contributed by atoms with Gasteiger partial charge >= 0.3 is 5.97 Å². The van der Waals surface area contributed by atoms with Crippen molar-refractivity contribution in [2.24, 2.45) is 11.3 Å². The van der Waals surface area contributed by atoms with Gasteiger partial charge in [-0.25, -0.2) is 0 Å². The van der Waals surface area contributed by atoms with Crippen molar-refractivity contribution in [3.05, 3.63) is 0 Å². The Balaban J connectivity index is 2.01. The number of cyclic esters (lactones) is 1. The standard InChI is InChI=1S/C10H16O3/c1-10(6-9(11)13-7-10)8-2-4-12-5-3-8/h8H,2-7H2,1H3. The Hall–Kier alpha value is -0.570. The molecule has 0 spiro atoms. The fraction of sp³-hybridized carbons (Fsp3) is 0.900. The first-order valence-corrected chi connectivity index (χ1v) is 4.94. The Morgan fingerprint density at radius 2 is 2.08 bits per heavy atom. The molecular weight excluding hydrogens is 168 g/mol. The molecule has 2 rings (SSSR count). The minimum absolute atomic E-state index is 0.0333. The second kappa shape index (κ2) is 3.29. The monoisotopic (exact) mass is 184 g/mol. The normalized spacial score (nSPS) is 36.2. The van der Waals surface area contributed by atoms with E-state index in [9.17, 15) is 4.79 Å². The third-order valence-corrected chi connectivity index (χ3v) is 3.32. The highest BCUT2D eigenvalue weighted by Crippen LogP contribution is 2.41. The summed E-state index contributed by atoms with van der Waals surface area (Å²) in [4.78, 5) is 11.0. The van der Waals surface area contributed by atoms with Crippen molar-refractivity contribution >= 4 is 5.97 Å². The molecule has 1 unspecified atom stereocenters. The molecule has 0 aromatic heterocycles. The summed E-state index contributed by atoms with van der Waals surface area (Å²) in [5, 5.41) is 0. The Morgan fingerprint density at radius 3 is 2.62 bits per heavy atom. The van der Waals surface area contributed by atoms with Crippen LogP contribution in [0.2, 0.25) is 0 Å². The van der Waals surface area contributed by atoms with Gasteiger partial charge in [0.25, 0.3) is 0 Å². The van der Waals surface area contributed by atoms with E-state index in [1.807, 2.05) is 0 Å². The van der Waals surface area contributed by atoms with Gasteiger partial charge in [0.2, 0.25) is 0 Å². The average Bonchev–Trinajstić information content (AvgIpc) is 2.49. The highest BCUT2D eigenvalue weighted by Gasteiger charge is 2.42. The van der Waals surface area contributed by atoms with E-state index in [1.165, 1.54) is 0 Å². The molecule has 13 heavy (non-hydrogen) atoms. The zero-order valence-electron chi connectivity index (χ0n) is 8.04. The molecule has 0 bridgehead atoms. The quantitative estimate of drug-likeness (QED) is 0.577. The van der Waals surface area contributed by atoms with E-state index in [1.54, 1.807) is 0 Å². The molecule has 1 atom stereocenters. The van der Waals surface area contributed by atoms with Crippen molar-refractivity contribution in [3.63, 3.8) is 0 Å². The van der Waals surface area contributed by atoms with E-state index < -0.39 is 0 Å². The van der Waals surface area contributed by atoms with E-state index in [0.717, 1.165) is 26.1 Å². The third-order valence-electron chi connectivity index (χ3n) is 3.32. The Bertz CT molecular complexity index is 208. The number of ether oxygens (including phenoxy) is 2. The van der Waals surface area contributed by atoms with Crippen LogP contribution in [0.3, 0.4) is 0 Å². The van der Waals surface area contributed by atoms with E-state index in [4.69, 9.17) is 9.47 Å². The molecule has 0 aromatic carbocycles. The molecule has 2 aliphatic rings. The molecule has 0 saturated carbocycles. The summed E-state index contributed by atoms with van der Waals surface area (Å²) >= 11 is 0. The van der Waals surface area contributed by atoms with Crippen molar-refractivity contribution < 1.29 is 14.3 Å². The maximum atomic E-state index is 11.0. The number of carbonyl (C=O) groups excluding carboxylic acids is 1. The molecule has 0 amide bonds. The van der Waals surface area contributed by atoms with Gasteiger partial charge in [0.05, 0.1) is 13.0 Å². The molecule has 0 radical (unpaired) electrons. The first kappa shape index (κ1) is 9.00. The summed E-state index contributed by atoms with van der Waals surface area (Å²) in [5.41, 5.74) is 0.0842. The van der Waals surface area contributed by atoms with Crippen molar-refractivity contribution in [1.29, 1.82) is 0 Å². The van der Waals surface area contributed by atoms with Crippen LogP contribution in [0.25, 0.3) is 0 Å². The van der Waals surface area contributed by atoms with Gasteiger partial charge in [-0.15, -0.1) is 0 Å². The summed E-state index contributed by atoms with van der Waals surface area (Å²) in [7, 11) is 0. The van der Waals surface area contributed by atoms with Crippen LogP contribution in [0.15, 0.2) is 0 Å². The Kier molecular flexibility index (Phi) is 2.28. The SMILES string of the molecule is CC1(C2CCOCC2)COC(=O)C1. The zero-order valence-corrected chi connectivity index (χ0v) is 8.04. The van der Waals surface area contributed by atoms with Gasteiger partial charge in [0.15, 0.2) is 0 Å². The van der Waals surface area contributed by atoms with Crippen LogP contribution in [0.4, 0.5) is 0 Å². The van der Waals surface area contributed by atoms with Gasteiger partial charge in [0.1, 0.15) is 0 Å². The number of esters is 1. The lowest BCUT2D eigenvalue weighted by Gasteiger charge is -2.34. The largest absolute Gasteiger partial charge is 0.465 e. The van der Waals surface area contributed by atoms with Crippen molar-refractivity contribution in [2.45, 2.75) is 26.2 Å². The first-order valence-electron chi connectivity index (χ1n) is 4.94. The number of hydrogen-bond donors (Lipinski definition) is 0. The van der Waals surface area contributed by atoms with Crippen LogP contribution >= 0.6 is 0 Å². The second-order valence-electron chi connectivity index (χ2n) is 4.38. The summed E-state index contributed by atoms with van der Waals surface area (Å²) < 4.78 is 10.3. The molecule has 3 heteroatoms. The summed E-state index contributed by atoms with van der Waals surface area (Å²) in [6.07, 6.45) is 2.75. The van der Waals surface area contributed by atoms with Crippen molar-refractivity contribution in [2.75, 3.05) is 19.8 Å². The fourth-order valence-electron chi connectivity index (χ4n) is 2.33. The second-order valence-corrected chi connectivity index (χ2v) is 4.38. The van der Waals surface area contributed by atoms with Gasteiger partial charge in [-0.2, -0.15) is 0 Å². The van der Waals surface area contributed by atoms with E-state index in [0.29, 0.717) is 18.9 Å². The van der Waals surface area contributed by atoms with Crippen LogP contribution in [0.5, 0.6) is 0 Å². The van der Waals surface area contributed by atoms with Crippen LogP contribution in [-0.2, 0) is 14.3 Å². The lowest BCUT2D eigenvalue weighted by atomic mass is 9.73. The predicted octanol–water partition coefficient (Wildman–Crippen LogP) is 1.37. The minimum atomic E-state index is -0.0333. The van der Waals surface area contributed by atoms with Crippen LogP contribution in [0, 0.1) is 11.3 Å². The molecule has 74 valence electrons. The third kappa shape index (κ3) is 1.70. The molecule has 0 N–H and O–H groups in total. The average molecular weight is 184 g/mol. The first-order chi connectivity index (χ1) is 6.21. The van der Waals surface area contributed by atoms with Crippen LogP contribution in [0.1, 0.15) is 26.2 Å². The van der Waals surface area contributed by atoms with Gasteiger partial charge in [-0.1, -0.05) is 6.92 Å². The van der Waals surface area contributed by atoms with Crippen LogP contribution in [-0.4, -0.2) is 25.8 Å². The van der Waals surface area contributed by atoms with Crippen LogP contribution < -0.4 is 0 Å². The van der Waals surface area contributed by atoms with E-state index in [-0.39, 0.29) is 11.4 Å². The van der Waals surface area contributed by atoms with Crippen molar-refractivity contribution in [3.8, 4) is 0 Å². The number of hydrogen-bond acceptors (Lipinski definition) is 3. The molecule has 2 saturated heterocycles. The molecule has 0 aromatic rings. The lowest BCUT2D eigenvalue weighted by molar-refractivity contribution is -0.137. The Labute approximate surface area is 78.4 Å². The number of rotatable bonds is 1. The predicted molar refractivity (Wildman–Crippen MR) is 47.2 cm³/mol. The summed E-state index contributed by atoms with van der Waals surface area (Å²) in [5.74, 6) is 0.571. The molecule has 0 aliphatic carbocycles. The maximum absolute atomic E-state index is 11.0. The maximum Gasteiger partial charge on any atom is 0.306 e. The molecule has 2 heterocycles. The fourth-order valence-corrected chi connectivity index (χ4v) is 2.33.